The summed E-state index contributed by atoms with van der Waals surface area (Å²) in [6, 6.07) is 3.84. The largest absolute Gasteiger partial charge is 0.289 e. The lowest BCUT2D eigenvalue weighted by Crippen LogP contribution is -2.27. The molecule has 1 amide bonds. The van der Waals surface area contributed by atoms with Crippen LogP contribution in [-0.4, -0.2) is 23.2 Å². The molecule has 0 spiro atoms. The van der Waals surface area contributed by atoms with Gasteiger partial charge in [-0.25, -0.2) is 4.98 Å². The minimum Gasteiger partial charge on any atom is -0.289 e. The Morgan fingerprint density at radius 3 is 2.68 bits per heavy atom. The molecule has 0 radical (unpaired) electrons. The van der Waals surface area contributed by atoms with Crippen molar-refractivity contribution in [1.29, 1.82) is 0 Å². The highest BCUT2D eigenvalue weighted by atomic mass is 32.1. The van der Waals surface area contributed by atoms with Crippen molar-refractivity contribution in [2.45, 2.75) is 27.2 Å². The number of anilines is 1. The monoisotopic (exact) mass is 334 g/mol. The molecular formula is C16H18N2O2S2. The summed E-state index contributed by atoms with van der Waals surface area (Å²) in [5, 5.41) is 2.50. The number of ketones is 1. The SMILES string of the molecule is CCc1ccc(C(=O)/C=C/c2csc(N(CC)C(C)=O)n2)s1. The summed E-state index contributed by atoms with van der Waals surface area (Å²) in [6.45, 7) is 6.08. The maximum absolute atomic E-state index is 12.1. The Balaban J connectivity index is 2.08. The number of nitrogens with zero attached hydrogens (tertiary/aromatic N) is 2. The fourth-order valence-corrected chi connectivity index (χ4v) is 3.68. The van der Waals surface area contributed by atoms with Gasteiger partial charge in [-0.15, -0.1) is 22.7 Å². The second-order valence-corrected chi connectivity index (χ2v) is 6.64. The Morgan fingerprint density at radius 1 is 1.32 bits per heavy atom. The van der Waals surface area contributed by atoms with Crippen molar-refractivity contribution in [2.24, 2.45) is 0 Å². The number of hydrogen-bond donors (Lipinski definition) is 0. The molecule has 0 saturated carbocycles. The van der Waals surface area contributed by atoms with Crippen LogP contribution in [0.3, 0.4) is 0 Å². The molecule has 0 atom stereocenters. The fourth-order valence-electron chi connectivity index (χ4n) is 1.91. The average molecular weight is 334 g/mol. The lowest BCUT2D eigenvalue weighted by molar-refractivity contribution is -0.116. The molecule has 2 rings (SSSR count). The first-order valence-corrected chi connectivity index (χ1v) is 8.79. The van der Waals surface area contributed by atoms with Gasteiger partial charge in [0.1, 0.15) is 0 Å². The fraction of sp³-hybridized carbons (Fsp3) is 0.312. The summed E-state index contributed by atoms with van der Waals surface area (Å²) in [5.74, 6) is -0.0488. The van der Waals surface area contributed by atoms with Gasteiger partial charge in [0.25, 0.3) is 0 Å². The number of amides is 1. The Bertz CT molecular complexity index is 701. The molecule has 0 N–H and O–H groups in total. The summed E-state index contributed by atoms with van der Waals surface area (Å²) in [7, 11) is 0. The summed E-state index contributed by atoms with van der Waals surface area (Å²) in [4.78, 5) is 31.5. The summed E-state index contributed by atoms with van der Waals surface area (Å²) >= 11 is 2.92. The molecule has 4 nitrogen and oxygen atoms in total. The van der Waals surface area contributed by atoms with Crippen molar-refractivity contribution in [3.8, 4) is 0 Å². The van der Waals surface area contributed by atoms with Crippen LogP contribution in [0.4, 0.5) is 5.13 Å². The van der Waals surface area contributed by atoms with Crippen LogP contribution in [0, 0.1) is 0 Å². The van der Waals surface area contributed by atoms with Crippen LogP contribution in [-0.2, 0) is 11.2 Å². The van der Waals surface area contributed by atoms with Crippen LogP contribution in [0.5, 0.6) is 0 Å². The van der Waals surface area contributed by atoms with E-state index in [4.69, 9.17) is 0 Å². The third kappa shape index (κ3) is 3.90. The Kier molecular flexibility index (Phi) is 5.63. The quantitative estimate of drug-likeness (QED) is 0.592. The Labute approximate surface area is 138 Å². The third-order valence-corrected chi connectivity index (χ3v) is 5.22. The van der Waals surface area contributed by atoms with Crippen molar-refractivity contribution in [3.63, 3.8) is 0 Å². The highest BCUT2D eigenvalue weighted by molar-refractivity contribution is 7.14. The van der Waals surface area contributed by atoms with Gasteiger partial charge in [-0.05, 0) is 37.6 Å². The minimum absolute atomic E-state index is 0.0156. The first kappa shape index (κ1) is 16.6. The van der Waals surface area contributed by atoms with E-state index in [9.17, 15) is 9.59 Å². The molecule has 22 heavy (non-hydrogen) atoms. The molecular weight excluding hydrogens is 316 g/mol. The van der Waals surface area contributed by atoms with E-state index < -0.39 is 0 Å². The number of carbonyl (C=O) groups excluding carboxylic acids is 2. The maximum Gasteiger partial charge on any atom is 0.225 e. The molecule has 6 heteroatoms. The van der Waals surface area contributed by atoms with Gasteiger partial charge in [0.2, 0.25) is 5.91 Å². The number of carbonyl (C=O) groups is 2. The van der Waals surface area contributed by atoms with Gasteiger partial charge in [-0.2, -0.15) is 0 Å². The maximum atomic E-state index is 12.1. The van der Waals surface area contributed by atoms with Gasteiger partial charge in [0.05, 0.1) is 10.6 Å². The average Bonchev–Trinajstić information content (AvgIpc) is 3.14. The minimum atomic E-state index is -0.0332. The third-order valence-electron chi connectivity index (χ3n) is 3.10. The number of allylic oxidation sites excluding steroid dienone is 1. The van der Waals surface area contributed by atoms with Crippen LogP contribution in [0.15, 0.2) is 23.6 Å². The van der Waals surface area contributed by atoms with Crippen LogP contribution < -0.4 is 4.90 Å². The smallest absolute Gasteiger partial charge is 0.225 e. The van der Waals surface area contributed by atoms with E-state index in [1.54, 1.807) is 11.0 Å². The zero-order chi connectivity index (χ0) is 16.1. The van der Waals surface area contributed by atoms with Gasteiger partial charge >= 0.3 is 0 Å². The van der Waals surface area contributed by atoms with Gasteiger partial charge < -0.3 is 0 Å². The molecule has 116 valence electrons. The lowest BCUT2D eigenvalue weighted by Gasteiger charge is -2.14. The van der Waals surface area contributed by atoms with E-state index in [0.717, 1.165) is 11.3 Å². The molecule has 0 fully saturated rings. The molecule has 0 aliphatic carbocycles. The van der Waals surface area contributed by atoms with Gasteiger partial charge in [0.15, 0.2) is 10.9 Å². The van der Waals surface area contributed by atoms with Gasteiger partial charge in [0, 0.05) is 23.7 Å². The highest BCUT2D eigenvalue weighted by Gasteiger charge is 2.12. The van der Waals surface area contributed by atoms with E-state index in [0.29, 0.717) is 17.4 Å². The highest BCUT2D eigenvalue weighted by Crippen LogP contribution is 2.22. The first-order valence-electron chi connectivity index (χ1n) is 7.09. The summed E-state index contributed by atoms with van der Waals surface area (Å²) in [5.41, 5.74) is 0.695. The number of rotatable bonds is 6. The molecule has 2 aromatic heterocycles. The summed E-state index contributed by atoms with van der Waals surface area (Å²) < 4.78 is 0. The molecule has 0 aromatic carbocycles. The van der Waals surface area contributed by atoms with Crippen molar-refractivity contribution in [2.75, 3.05) is 11.4 Å². The Morgan fingerprint density at radius 2 is 2.09 bits per heavy atom. The van der Waals surface area contributed by atoms with E-state index in [-0.39, 0.29) is 11.7 Å². The molecule has 0 saturated heterocycles. The molecule has 0 bridgehead atoms. The Hall–Kier alpha value is -1.79. The summed E-state index contributed by atoms with van der Waals surface area (Å²) in [6.07, 6.45) is 4.17. The normalized spacial score (nSPS) is 11.0. The van der Waals surface area contributed by atoms with E-state index in [1.807, 2.05) is 24.4 Å². The van der Waals surface area contributed by atoms with Crippen molar-refractivity contribution in [3.05, 3.63) is 39.0 Å². The number of thiophene rings is 1. The van der Waals surface area contributed by atoms with E-state index in [1.165, 1.54) is 40.6 Å². The lowest BCUT2D eigenvalue weighted by atomic mass is 10.2. The van der Waals surface area contributed by atoms with E-state index in [2.05, 4.69) is 11.9 Å². The predicted molar refractivity (Wildman–Crippen MR) is 92.9 cm³/mol. The molecule has 2 aromatic rings. The molecule has 0 aliphatic heterocycles. The molecule has 0 unspecified atom stereocenters. The van der Waals surface area contributed by atoms with Gasteiger partial charge in [-0.3, -0.25) is 14.5 Å². The van der Waals surface area contributed by atoms with Crippen LogP contribution >= 0.6 is 22.7 Å². The zero-order valence-corrected chi connectivity index (χ0v) is 14.5. The topological polar surface area (TPSA) is 50.3 Å². The van der Waals surface area contributed by atoms with Crippen molar-refractivity contribution < 1.29 is 9.59 Å². The van der Waals surface area contributed by atoms with Crippen LogP contribution in [0.2, 0.25) is 0 Å². The molecule has 0 aliphatic rings. The predicted octanol–water partition coefficient (Wildman–Crippen LogP) is 4.04. The molecule has 2 heterocycles. The van der Waals surface area contributed by atoms with Crippen LogP contribution in [0.1, 0.15) is 41.0 Å². The van der Waals surface area contributed by atoms with Crippen molar-refractivity contribution >= 4 is 45.6 Å². The number of thiazole rings is 1. The number of hydrogen-bond acceptors (Lipinski definition) is 5. The second-order valence-electron chi connectivity index (χ2n) is 4.64. The van der Waals surface area contributed by atoms with Crippen molar-refractivity contribution in [1.82, 2.24) is 4.98 Å². The first-order chi connectivity index (χ1) is 10.5. The second kappa shape index (κ2) is 7.47. The van der Waals surface area contributed by atoms with Gasteiger partial charge in [-0.1, -0.05) is 6.92 Å². The zero-order valence-electron chi connectivity index (χ0n) is 12.8. The standard InChI is InChI=1S/C16H18N2O2S2/c1-4-13-7-9-15(22-13)14(20)8-6-12-10-21-16(17-12)18(5-2)11(3)19/h6-10H,4-5H2,1-3H3/b8-6+. The van der Waals surface area contributed by atoms with E-state index >= 15 is 0 Å². The number of aromatic nitrogens is 1. The number of aryl methyl sites for hydroxylation is 1. The van der Waals surface area contributed by atoms with Crippen LogP contribution in [0.25, 0.3) is 6.08 Å².